The van der Waals surface area contributed by atoms with E-state index < -0.39 is 10.0 Å². The van der Waals surface area contributed by atoms with Crippen LogP contribution < -0.4 is 10.0 Å². The van der Waals surface area contributed by atoms with Gasteiger partial charge >= 0.3 is 0 Å². The molecule has 162 valence electrons. The molecule has 1 aliphatic rings. The van der Waals surface area contributed by atoms with Crippen LogP contribution in [-0.4, -0.2) is 58.1 Å². The van der Waals surface area contributed by atoms with Crippen LogP contribution in [0.2, 0.25) is 0 Å². The number of hydrogen-bond donors (Lipinski definition) is 1. The number of Topliss-reactive ketones (excluding diaryl/α,β-unsaturated/α-hetero) is 1. The molecule has 0 aromatic heterocycles. The third-order valence-electron chi connectivity index (χ3n) is 5.41. The number of nitrogens with zero attached hydrogens (tertiary/aromatic N) is 2. The Kier molecular flexibility index (Phi) is 7.93. The summed E-state index contributed by atoms with van der Waals surface area (Å²) in [6.07, 6.45) is 3.92. The number of hydrogen-bond acceptors (Lipinski definition) is 6. The van der Waals surface area contributed by atoms with Crippen LogP contribution >= 0.6 is 11.8 Å². The van der Waals surface area contributed by atoms with Crippen molar-refractivity contribution in [3.05, 3.63) is 54.1 Å². The fourth-order valence-electron chi connectivity index (χ4n) is 3.71. The minimum atomic E-state index is -3.85. The summed E-state index contributed by atoms with van der Waals surface area (Å²) in [6, 6.07) is 15.2. The lowest BCUT2D eigenvalue weighted by atomic mass is 10.1. The number of ketones is 1. The van der Waals surface area contributed by atoms with Gasteiger partial charge in [-0.15, -0.1) is 11.8 Å². The summed E-state index contributed by atoms with van der Waals surface area (Å²) in [6.45, 7) is 5.05. The number of piperazine rings is 1. The van der Waals surface area contributed by atoms with Gasteiger partial charge in [0.2, 0.25) is 10.0 Å². The van der Waals surface area contributed by atoms with E-state index in [0.717, 1.165) is 45.6 Å². The van der Waals surface area contributed by atoms with Gasteiger partial charge in [-0.1, -0.05) is 24.3 Å². The molecule has 1 fully saturated rings. The Morgan fingerprint density at radius 2 is 1.73 bits per heavy atom. The van der Waals surface area contributed by atoms with E-state index in [1.165, 1.54) is 23.5 Å². The van der Waals surface area contributed by atoms with E-state index in [1.807, 2.05) is 6.07 Å². The van der Waals surface area contributed by atoms with Crippen molar-refractivity contribution in [2.75, 3.05) is 43.9 Å². The molecule has 30 heavy (non-hydrogen) atoms. The van der Waals surface area contributed by atoms with Gasteiger partial charge in [-0.25, -0.2) is 13.6 Å². The Labute approximate surface area is 183 Å². The van der Waals surface area contributed by atoms with Crippen molar-refractivity contribution in [1.82, 2.24) is 4.90 Å². The van der Waals surface area contributed by atoms with Crippen LogP contribution in [-0.2, 0) is 10.0 Å². The topological polar surface area (TPSA) is 83.7 Å². The highest BCUT2D eigenvalue weighted by atomic mass is 32.2. The van der Waals surface area contributed by atoms with E-state index in [1.54, 1.807) is 18.4 Å². The number of nitrogens with two attached hydrogens (primary N) is 1. The summed E-state index contributed by atoms with van der Waals surface area (Å²) >= 11 is 1.30. The first-order valence-electron chi connectivity index (χ1n) is 10.1. The largest absolute Gasteiger partial charge is 0.369 e. The normalized spacial score (nSPS) is 15.3. The predicted molar refractivity (Wildman–Crippen MR) is 123 cm³/mol. The van der Waals surface area contributed by atoms with Crippen LogP contribution in [0.1, 0.15) is 29.6 Å². The van der Waals surface area contributed by atoms with Crippen LogP contribution in [0, 0.1) is 0 Å². The van der Waals surface area contributed by atoms with Crippen molar-refractivity contribution < 1.29 is 13.2 Å². The maximum absolute atomic E-state index is 12.5. The molecule has 0 bridgehead atoms. The molecule has 1 aliphatic heterocycles. The molecule has 0 radical (unpaired) electrons. The molecular formula is C22H29N3O3S2. The first-order chi connectivity index (χ1) is 14.4. The summed E-state index contributed by atoms with van der Waals surface area (Å²) in [7, 11) is -3.85. The average molecular weight is 448 g/mol. The van der Waals surface area contributed by atoms with Gasteiger partial charge in [0.15, 0.2) is 5.78 Å². The Morgan fingerprint density at radius 3 is 2.37 bits per heavy atom. The van der Waals surface area contributed by atoms with Gasteiger partial charge in [-0.3, -0.25) is 9.69 Å². The van der Waals surface area contributed by atoms with Gasteiger partial charge in [0, 0.05) is 48.7 Å². The number of anilines is 1. The number of carbonyl (C=O) groups is 1. The fourth-order valence-corrected chi connectivity index (χ4v) is 5.41. The lowest BCUT2D eigenvalue weighted by Gasteiger charge is -2.36. The quantitative estimate of drug-likeness (QED) is 0.361. The molecule has 0 saturated carbocycles. The number of sulfonamides is 1. The van der Waals surface area contributed by atoms with E-state index in [2.05, 4.69) is 34.1 Å². The van der Waals surface area contributed by atoms with Gasteiger partial charge in [0.1, 0.15) is 0 Å². The van der Waals surface area contributed by atoms with Crippen LogP contribution in [0.3, 0.4) is 0 Å². The second-order valence-electron chi connectivity index (χ2n) is 7.46. The maximum atomic E-state index is 12.5. The second-order valence-corrected chi connectivity index (χ2v) is 9.83. The molecule has 2 N–H and O–H groups in total. The predicted octanol–water partition coefficient (Wildman–Crippen LogP) is 3.23. The SMILES string of the molecule is CSc1ccc(C(=O)CCCCN2CCN(c3ccccc3)CC2)cc1S(N)(=O)=O. The standard InChI is InChI=1S/C22H29N3O3S2/c1-29-21-11-10-18(17-22(21)30(23,27)28)20(26)9-5-6-12-24-13-15-25(16-14-24)19-7-3-2-4-8-19/h2-4,7-8,10-11,17H,5-6,9,12-16H2,1H3,(H2,23,27,28). The molecule has 0 amide bonds. The van der Waals surface area contributed by atoms with E-state index >= 15 is 0 Å². The number of rotatable bonds is 9. The van der Waals surface area contributed by atoms with E-state index in [4.69, 9.17) is 5.14 Å². The lowest BCUT2D eigenvalue weighted by Crippen LogP contribution is -2.46. The van der Waals surface area contributed by atoms with Crippen molar-refractivity contribution in [1.29, 1.82) is 0 Å². The van der Waals surface area contributed by atoms with Crippen molar-refractivity contribution in [2.24, 2.45) is 5.14 Å². The molecule has 2 aromatic rings. The summed E-state index contributed by atoms with van der Waals surface area (Å²) < 4.78 is 23.6. The average Bonchev–Trinajstić information content (AvgIpc) is 2.76. The molecule has 2 aromatic carbocycles. The van der Waals surface area contributed by atoms with Crippen LogP contribution in [0.25, 0.3) is 0 Å². The summed E-state index contributed by atoms with van der Waals surface area (Å²) in [5.41, 5.74) is 1.68. The molecule has 1 saturated heterocycles. The number of benzene rings is 2. The minimum Gasteiger partial charge on any atom is -0.369 e. The Bertz CT molecular complexity index is 957. The smallest absolute Gasteiger partial charge is 0.239 e. The maximum Gasteiger partial charge on any atom is 0.239 e. The summed E-state index contributed by atoms with van der Waals surface area (Å²) in [5, 5.41) is 5.29. The van der Waals surface area contributed by atoms with E-state index in [9.17, 15) is 13.2 Å². The van der Waals surface area contributed by atoms with Gasteiger partial charge in [0.25, 0.3) is 0 Å². The highest BCUT2D eigenvalue weighted by Crippen LogP contribution is 2.25. The number of unbranched alkanes of at least 4 members (excludes halogenated alkanes) is 1. The first-order valence-corrected chi connectivity index (χ1v) is 12.9. The summed E-state index contributed by atoms with van der Waals surface area (Å²) in [4.78, 5) is 17.9. The molecule has 3 rings (SSSR count). The number of para-hydroxylation sites is 1. The lowest BCUT2D eigenvalue weighted by molar-refractivity contribution is 0.0977. The second kappa shape index (κ2) is 10.4. The van der Waals surface area contributed by atoms with Crippen molar-refractivity contribution >= 4 is 33.3 Å². The highest BCUT2D eigenvalue weighted by molar-refractivity contribution is 7.99. The van der Waals surface area contributed by atoms with Crippen molar-refractivity contribution in [3.8, 4) is 0 Å². The van der Waals surface area contributed by atoms with Crippen LogP contribution in [0.4, 0.5) is 5.69 Å². The Balaban J connectivity index is 1.43. The zero-order valence-corrected chi connectivity index (χ0v) is 18.9. The molecule has 0 aliphatic carbocycles. The molecule has 8 heteroatoms. The number of primary sulfonamides is 1. The zero-order chi connectivity index (χ0) is 21.6. The van der Waals surface area contributed by atoms with Crippen molar-refractivity contribution in [2.45, 2.75) is 29.1 Å². The Hall–Kier alpha value is -1.87. The van der Waals surface area contributed by atoms with Gasteiger partial charge in [-0.2, -0.15) is 0 Å². The van der Waals surface area contributed by atoms with Crippen molar-refractivity contribution in [3.63, 3.8) is 0 Å². The van der Waals surface area contributed by atoms with E-state index in [-0.39, 0.29) is 10.7 Å². The van der Waals surface area contributed by atoms with Crippen LogP contribution in [0.5, 0.6) is 0 Å². The van der Waals surface area contributed by atoms with E-state index in [0.29, 0.717) is 16.9 Å². The molecule has 6 nitrogen and oxygen atoms in total. The number of carbonyl (C=O) groups excluding carboxylic acids is 1. The Morgan fingerprint density at radius 1 is 1.03 bits per heavy atom. The third kappa shape index (κ3) is 6.07. The molecular weight excluding hydrogens is 418 g/mol. The van der Waals surface area contributed by atoms with Gasteiger partial charge < -0.3 is 4.90 Å². The highest BCUT2D eigenvalue weighted by Gasteiger charge is 2.18. The summed E-state index contributed by atoms with van der Waals surface area (Å²) in [5.74, 6) is -0.0403. The first kappa shape index (κ1) is 22.8. The number of thioether (sulfide) groups is 1. The molecule has 0 unspecified atom stereocenters. The zero-order valence-electron chi connectivity index (χ0n) is 17.3. The van der Waals surface area contributed by atoms with Gasteiger partial charge in [-0.05, 0) is 49.9 Å². The minimum absolute atomic E-state index is 0.0251. The molecule has 0 spiro atoms. The molecule has 0 atom stereocenters. The van der Waals surface area contributed by atoms with Crippen LogP contribution in [0.15, 0.2) is 58.3 Å². The monoisotopic (exact) mass is 447 g/mol. The third-order valence-corrected chi connectivity index (χ3v) is 7.29. The molecule has 1 heterocycles. The van der Waals surface area contributed by atoms with Gasteiger partial charge in [0.05, 0.1) is 4.90 Å². The fraction of sp³-hybridized carbons (Fsp3) is 0.409.